The summed E-state index contributed by atoms with van der Waals surface area (Å²) in [6, 6.07) is 14.5. The van der Waals surface area contributed by atoms with Crippen molar-refractivity contribution in [2.75, 3.05) is 38.6 Å². The first kappa shape index (κ1) is 33.2. The van der Waals surface area contributed by atoms with Crippen LogP contribution in [0.15, 0.2) is 59.9 Å². The Morgan fingerprint density at radius 3 is 2.43 bits per heavy atom. The Kier molecular flexibility index (Phi) is 10.8. The van der Waals surface area contributed by atoms with Crippen LogP contribution in [0.2, 0.25) is 0 Å². The number of hydrogen-bond acceptors (Lipinski definition) is 6. The molecule has 2 aromatic carbocycles. The summed E-state index contributed by atoms with van der Waals surface area (Å²) in [7, 11) is 1.79. The minimum atomic E-state index is -0.245. The number of pyridine rings is 1. The van der Waals surface area contributed by atoms with Crippen molar-refractivity contribution in [2.45, 2.75) is 71.7 Å². The van der Waals surface area contributed by atoms with Crippen LogP contribution in [-0.4, -0.2) is 72.0 Å². The molecule has 2 aliphatic rings. The number of carbonyl (C=O) groups is 2. The van der Waals surface area contributed by atoms with Crippen molar-refractivity contribution >= 4 is 17.5 Å². The zero-order chi connectivity index (χ0) is 32.8. The number of anilines is 1. The molecule has 1 atom stereocenters. The van der Waals surface area contributed by atoms with E-state index in [0.717, 1.165) is 79.0 Å². The van der Waals surface area contributed by atoms with Gasteiger partial charge in [-0.25, -0.2) is 0 Å². The quantitative estimate of drug-likeness (QED) is 0.271. The summed E-state index contributed by atoms with van der Waals surface area (Å²) in [5.74, 6) is -0.313. The molecule has 1 aromatic heterocycles. The second-order valence-corrected chi connectivity index (χ2v) is 12.7. The van der Waals surface area contributed by atoms with E-state index in [4.69, 9.17) is 4.74 Å². The Morgan fingerprint density at radius 1 is 1.02 bits per heavy atom. The summed E-state index contributed by atoms with van der Waals surface area (Å²) in [4.78, 5) is 45.8. The van der Waals surface area contributed by atoms with Gasteiger partial charge in [-0.15, -0.1) is 0 Å². The minimum absolute atomic E-state index is 0.0425. The van der Waals surface area contributed by atoms with E-state index >= 15 is 0 Å². The zero-order valence-corrected chi connectivity index (χ0v) is 27.6. The normalized spacial score (nSPS) is 17.5. The maximum atomic E-state index is 13.7. The van der Waals surface area contributed by atoms with Crippen molar-refractivity contribution in [3.63, 3.8) is 0 Å². The molecular formula is C37H47N5O4. The zero-order valence-electron chi connectivity index (χ0n) is 27.6. The van der Waals surface area contributed by atoms with E-state index in [1.165, 1.54) is 11.6 Å². The fourth-order valence-electron chi connectivity index (χ4n) is 6.64. The highest BCUT2D eigenvalue weighted by Crippen LogP contribution is 2.31. The summed E-state index contributed by atoms with van der Waals surface area (Å²) in [5, 5.41) is 6.65. The number of methoxy groups -OCH3 is 1. The second-order valence-electron chi connectivity index (χ2n) is 12.7. The number of piperidine rings is 2. The van der Waals surface area contributed by atoms with Crippen molar-refractivity contribution in [1.82, 2.24) is 20.1 Å². The van der Waals surface area contributed by atoms with Crippen LogP contribution in [0.4, 0.5) is 5.69 Å². The van der Waals surface area contributed by atoms with Crippen LogP contribution in [0.5, 0.6) is 0 Å². The highest BCUT2D eigenvalue weighted by molar-refractivity contribution is 5.98. The van der Waals surface area contributed by atoms with E-state index in [0.29, 0.717) is 30.3 Å². The molecule has 2 amide bonds. The Bertz CT molecular complexity index is 1620. The number of hydrogen-bond donors (Lipinski definition) is 3. The molecular weight excluding hydrogens is 578 g/mol. The number of ether oxygens (including phenoxy) is 1. The molecule has 2 fully saturated rings. The molecule has 0 aliphatic carbocycles. The predicted molar refractivity (Wildman–Crippen MR) is 183 cm³/mol. The van der Waals surface area contributed by atoms with E-state index in [-0.39, 0.29) is 30.0 Å². The molecule has 3 N–H and O–H groups in total. The SMILES string of the molecule is C=CC(=O)N1CCCC(Nc2cc(-c3ccc(CN4CCC(OC)CC4)cc3)cc(C(=O)NCc3c(C)cc(C)[nH]c3=O)c2C)C1. The van der Waals surface area contributed by atoms with Crippen molar-refractivity contribution in [1.29, 1.82) is 0 Å². The fourth-order valence-corrected chi connectivity index (χ4v) is 6.64. The molecule has 2 saturated heterocycles. The van der Waals surface area contributed by atoms with Crippen molar-refractivity contribution in [3.8, 4) is 11.1 Å². The lowest BCUT2D eigenvalue weighted by molar-refractivity contribution is -0.127. The van der Waals surface area contributed by atoms with Gasteiger partial charge in [-0.2, -0.15) is 0 Å². The number of H-pyrrole nitrogens is 1. The molecule has 0 bridgehead atoms. The number of benzene rings is 2. The first-order chi connectivity index (χ1) is 22.1. The Labute approximate surface area is 272 Å². The van der Waals surface area contributed by atoms with Crippen LogP contribution in [0, 0.1) is 20.8 Å². The Balaban J connectivity index is 1.40. The summed E-state index contributed by atoms with van der Waals surface area (Å²) in [5.41, 5.74) is 7.38. The molecule has 2 aliphatic heterocycles. The molecule has 9 nitrogen and oxygen atoms in total. The minimum Gasteiger partial charge on any atom is -0.381 e. The smallest absolute Gasteiger partial charge is 0.253 e. The van der Waals surface area contributed by atoms with Gasteiger partial charge < -0.3 is 25.3 Å². The third-order valence-electron chi connectivity index (χ3n) is 9.40. The van der Waals surface area contributed by atoms with Gasteiger partial charge >= 0.3 is 0 Å². The van der Waals surface area contributed by atoms with E-state index in [1.54, 1.807) is 7.11 Å². The molecule has 0 radical (unpaired) electrons. The number of amides is 2. The van der Waals surface area contributed by atoms with E-state index < -0.39 is 0 Å². The van der Waals surface area contributed by atoms with Gasteiger partial charge in [-0.3, -0.25) is 19.3 Å². The third kappa shape index (κ3) is 7.95. The molecule has 1 unspecified atom stereocenters. The first-order valence-corrected chi connectivity index (χ1v) is 16.3. The molecule has 0 saturated carbocycles. The molecule has 3 heterocycles. The van der Waals surface area contributed by atoms with Crippen molar-refractivity contribution in [3.05, 3.63) is 99.0 Å². The topological polar surface area (TPSA) is 107 Å². The van der Waals surface area contributed by atoms with Crippen LogP contribution in [0.3, 0.4) is 0 Å². The fraction of sp³-hybridized carbons (Fsp3) is 0.432. The summed E-state index contributed by atoms with van der Waals surface area (Å²) in [6.45, 7) is 13.7. The van der Waals surface area contributed by atoms with Crippen LogP contribution in [0.1, 0.15) is 64.0 Å². The van der Waals surface area contributed by atoms with Gasteiger partial charge in [0.25, 0.3) is 11.5 Å². The summed E-state index contributed by atoms with van der Waals surface area (Å²) in [6.07, 6.45) is 5.63. The lowest BCUT2D eigenvalue weighted by Gasteiger charge is -2.33. The maximum absolute atomic E-state index is 13.7. The van der Waals surface area contributed by atoms with E-state index in [1.807, 2.05) is 37.8 Å². The lowest BCUT2D eigenvalue weighted by atomic mass is 9.95. The average molecular weight is 626 g/mol. The second kappa shape index (κ2) is 14.9. The molecule has 9 heteroatoms. The molecule has 3 aromatic rings. The number of aromatic nitrogens is 1. The van der Waals surface area contributed by atoms with Gasteiger partial charge in [-0.05, 0) is 98.5 Å². The van der Waals surface area contributed by atoms with E-state index in [9.17, 15) is 14.4 Å². The van der Waals surface area contributed by atoms with Crippen LogP contribution >= 0.6 is 0 Å². The summed E-state index contributed by atoms with van der Waals surface area (Å²) >= 11 is 0. The highest BCUT2D eigenvalue weighted by Gasteiger charge is 2.24. The van der Waals surface area contributed by atoms with Gasteiger partial charge in [0.1, 0.15) is 0 Å². The predicted octanol–water partition coefficient (Wildman–Crippen LogP) is 5.10. The largest absolute Gasteiger partial charge is 0.381 e. The number of rotatable bonds is 10. The summed E-state index contributed by atoms with van der Waals surface area (Å²) < 4.78 is 5.52. The van der Waals surface area contributed by atoms with Gasteiger partial charge in [0.05, 0.1) is 6.10 Å². The Hall–Kier alpha value is -4.21. The first-order valence-electron chi connectivity index (χ1n) is 16.3. The van der Waals surface area contributed by atoms with Gasteiger partial charge in [-0.1, -0.05) is 30.8 Å². The maximum Gasteiger partial charge on any atom is 0.253 e. The van der Waals surface area contributed by atoms with Crippen LogP contribution in [0.25, 0.3) is 11.1 Å². The standard InChI is InChI=1S/C37H47N5O4/c1-6-35(43)42-15-7-8-30(23-42)40-34-20-29(28-11-9-27(10-12-28)22-41-16-13-31(46-5)14-17-41)19-32(26(34)4)36(44)38-21-33-24(2)18-25(3)39-37(33)45/h6,9-12,18-20,30-31,40H,1,7-8,13-17,21-23H2,2-5H3,(H,38,44)(H,39,45). The number of aryl methyl sites for hydroxylation is 2. The molecule has 46 heavy (non-hydrogen) atoms. The number of likely N-dealkylation sites (tertiary alicyclic amines) is 2. The van der Waals surface area contributed by atoms with Crippen LogP contribution in [-0.2, 0) is 22.6 Å². The van der Waals surface area contributed by atoms with Gasteiger partial charge in [0.15, 0.2) is 0 Å². The molecule has 0 spiro atoms. The van der Waals surface area contributed by atoms with Crippen molar-refractivity contribution < 1.29 is 14.3 Å². The monoisotopic (exact) mass is 625 g/mol. The number of nitrogens with one attached hydrogen (secondary N) is 3. The lowest BCUT2D eigenvalue weighted by Crippen LogP contribution is -2.44. The van der Waals surface area contributed by atoms with Gasteiger partial charge in [0, 0.05) is 74.9 Å². The highest BCUT2D eigenvalue weighted by atomic mass is 16.5. The molecule has 5 rings (SSSR count). The third-order valence-corrected chi connectivity index (χ3v) is 9.40. The van der Waals surface area contributed by atoms with Gasteiger partial charge in [0.2, 0.25) is 5.91 Å². The average Bonchev–Trinajstić information content (AvgIpc) is 3.05. The Morgan fingerprint density at radius 2 is 1.76 bits per heavy atom. The number of aromatic amines is 1. The van der Waals surface area contributed by atoms with Crippen LogP contribution < -0.4 is 16.2 Å². The van der Waals surface area contributed by atoms with E-state index in [2.05, 4.69) is 57.4 Å². The number of carbonyl (C=O) groups excluding carboxylic acids is 2. The number of nitrogens with zero attached hydrogens (tertiary/aromatic N) is 2. The molecule has 244 valence electrons. The van der Waals surface area contributed by atoms with Crippen molar-refractivity contribution in [2.24, 2.45) is 0 Å².